The van der Waals surface area contributed by atoms with Crippen molar-refractivity contribution in [3.8, 4) is 0 Å². The number of aromatic nitrogens is 1. The van der Waals surface area contributed by atoms with E-state index in [1.165, 1.54) is 0 Å². The van der Waals surface area contributed by atoms with Gasteiger partial charge in [-0.2, -0.15) is 0 Å². The van der Waals surface area contributed by atoms with Crippen LogP contribution >= 0.6 is 0 Å². The smallest absolute Gasteiger partial charge is 0.340 e. The van der Waals surface area contributed by atoms with Crippen molar-refractivity contribution in [2.75, 3.05) is 12.3 Å². The van der Waals surface area contributed by atoms with Gasteiger partial charge in [0.15, 0.2) is 0 Å². The molecule has 15 heavy (non-hydrogen) atoms. The lowest BCUT2D eigenvalue weighted by molar-refractivity contribution is 0.0513. The number of nitrogens with two attached hydrogens (primary N) is 1. The van der Waals surface area contributed by atoms with Gasteiger partial charge in [0.1, 0.15) is 5.69 Å². The molecule has 0 amide bonds. The summed E-state index contributed by atoms with van der Waals surface area (Å²) in [4.78, 5) is 14.7. The molecule has 1 rings (SSSR count). The van der Waals surface area contributed by atoms with Crippen LogP contribution in [0.15, 0.2) is 12.3 Å². The zero-order chi connectivity index (χ0) is 11.4. The highest BCUT2D eigenvalue weighted by atomic mass is 19.3. The van der Waals surface area contributed by atoms with E-state index in [0.29, 0.717) is 0 Å². The number of hydrogen-bond donors (Lipinski definition) is 1. The van der Waals surface area contributed by atoms with E-state index in [1.807, 2.05) is 0 Å². The van der Waals surface area contributed by atoms with Gasteiger partial charge >= 0.3 is 5.97 Å². The predicted molar refractivity (Wildman–Crippen MR) is 49.6 cm³/mol. The van der Waals surface area contributed by atoms with Gasteiger partial charge in [0.05, 0.1) is 24.1 Å². The van der Waals surface area contributed by atoms with Crippen molar-refractivity contribution in [3.63, 3.8) is 0 Å². The monoisotopic (exact) mass is 216 g/mol. The summed E-state index contributed by atoms with van der Waals surface area (Å²) in [7, 11) is 0. The number of nitrogens with zero attached hydrogens (tertiary/aromatic N) is 1. The van der Waals surface area contributed by atoms with E-state index in [0.717, 1.165) is 12.3 Å². The maximum Gasteiger partial charge on any atom is 0.340 e. The molecular weight excluding hydrogens is 206 g/mol. The number of carbonyl (C=O) groups is 1. The molecule has 0 aromatic carbocycles. The summed E-state index contributed by atoms with van der Waals surface area (Å²) in [6, 6.07) is 1.13. The number of esters is 1. The van der Waals surface area contributed by atoms with E-state index in [4.69, 9.17) is 5.73 Å². The summed E-state index contributed by atoms with van der Waals surface area (Å²) in [6.07, 6.45) is -1.76. The Kier molecular flexibility index (Phi) is 3.54. The van der Waals surface area contributed by atoms with Gasteiger partial charge in [0.2, 0.25) is 0 Å². The van der Waals surface area contributed by atoms with Gasteiger partial charge in [-0.25, -0.2) is 13.6 Å². The Morgan fingerprint density at radius 3 is 2.87 bits per heavy atom. The molecule has 0 radical (unpaired) electrons. The first-order valence-electron chi connectivity index (χ1n) is 4.27. The average molecular weight is 216 g/mol. The molecule has 0 aliphatic rings. The SMILES string of the molecule is CCOC(=O)c1cc(N)cnc1C(F)F. The summed E-state index contributed by atoms with van der Waals surface area (Å²) >= 11 is 0. The van der Waals surface area contributed by atoms with Crippen LogP contribution in [0.25, 0.3) is 0 Å². The number of alkyl halides is 2. The summed E-state index contributed by atoms with van der Waals surface area (Å²) in [5.41, 5.74) is 4.59. The number of hydrogen-bond acceptors (Lipinski definition) is 4. The number of rotatable bonds is 3. The molecule has 1 aromatic rings. The lowest BCUT2D eigenvalue weighted by Crippen LogP contribution is -2.10. The predicted octanol–water partition coefficient (Wildman–Crippen LogP) is 1.78. The van der Waals surface area contributed by atoms with Crippen molar-refractivity contribution in [2.24, 2.45) is 0 Å². The van der Waals surface area contributed by atoms with Crippen molar-refractivity contribution in [1.29, 1.82) is 0 Å². The van der Waals surface area contributed by atoms with Crippen LogP contribution < -0.4 is 5.73 Å². The minimum atomic E-state index is -2.83. The molecule has 0 unspecified atom stereocenters. The van der Waals surface area contributed by atoms with E-state index in [2.05, 4.69) is 9.72 Å². The molecule has 0 saturated carbocycles. The molecule has 2 N–H and O–H groups in total. The van der Waals surface area contributed by atoms with Crippen molar-refractivity contribution in [1.82, 2.24) is 4.98 Å². The van der Waals surface area contributed by atoms with E-state index >= 15 is 0 Å². The van der Waals surface area contributed by atoms with Gasteiger partial charge in [0.25, 0.3) is 6.43 Å². The molecule has 6 heteroatoms. The third-order valence-electron chi connectivity index (χ3n) is 1.64. The lowest BCUT2D eigenvalue weighted by atomic mass is 10.2. The second-order valence-electron chi connectivity index (χ2n) is 2.72. The van der Waals surface area contributed by atoms with Crippen LogP contribution in [0.1, 0.15) is 29.4 Å². The first kappa shape index (κ1) is 11.4. The van der Waals surface area contributed by atoms with Crippen molar-refractivity contribution in [2.45, 2.75) is 13.3 Å². The minimum absolute atomic E-state index is 0.107. The first-order chi connectivity index (χ1) is 7.06. The van der Waals surface area contributed by atoms with Gasteiger partial charge in [-0.15, -0.1) is 0 Å². The zero-order valence-electron chi connectivity index (χ0n) is 8.04. The molecule has 1 aromatic heterocycles. The van der Waals surface area contributed by atoms with Crippen molar-refractivity contribution in [3.05, 3.63) is 23.5 Å². The highest BCUT2D eigenvalue weighted by molar-refractivity contribution is 5.91. The summed E-state index contributed by atoms with van der Waals surface area (Å²) < 4.78 is 29.5. The van der Waals surface area contributed by atoms with Crippen LogP contribution in [0.5, 0.6) is 0 Å². The Morgan fingerprint density at radius 2 is 2.33 bits per heavy atom. The van der Waals surface area contributed by atoms with E-state index in [9.17, 15) is 13.6 Å². The lowest BCUT2D eigenvalue weighted by Gasteiger charge is -2.07. The number of pyridine rings is 1. The topological polar surface area (TPSA) is 65.2 Å². The second kappa shape index (κ2) is 4.68. The van der Waals surface area contributed by atoms with E-state index < -0.39 is 18.1 Å². The molecule has 0 bridgehead atoms. The Morgan fingerprint density at radius 1 is 1.67 bits per heavy atom. The van der Waals surface area contributed by atoms with Crippen LogP contribution in [-0.4, -0.2) is 17.6 Å². The molecule has 0 saturated heterocycles. The maximum atomic E-state index is 12.4. The standard InChI is InChI=1S/C9H10F2N2O2/c1-2-15-9(14)6-3-5(12)4-13-7(6)8(10)11/h3-4,8H,2,12H2,1H3. The quantitative estimate of drug-likeness (QED) is 0.782. The number of ether oxygens (including phenoxy) is 1. The fourth-order valence-electron chi connectivity index (χ4n) is 1.04. The zero-order valence-corrected chi connectivity index (χ0v) is 8.04. The van der Waals surface area contributed by atoms with Gasteiger partial charge < -0.3 is 10.5 Å². The minimum Gasteiger partial charge on any atom is -0.462 e. The Balaban J connectivity index is 3.12. The molecule has 0 aliphatic heterocycles. The normalized spacial score (nSPS) is 10.4. The van der Waals surface area contributed by atoms with Gasteiger partial charge in [0, 0.05) is 0 Å². The fraction of sp³-hybridized carbons (Fsp3) is 0.333. The molecule has 0 spiro atoms. The van der Waals surface area contributed by atoms with Gasteiger partial charge in [-0.1, -0.05) is 0 Å². The van der Waals surface area contributed by atoms with Crippen LogP contribution in [0.3, 0.4) is 0 Å². The number of nitrogen functional groups attached to an aromatic ring is 1. The summed E-state index contributed by atoms with van der Waals surface area (Å²) in [6.45, 7) is 1.69. The summed E-state index contributed by atoms with van der Waals surface area (Å²) in [5.74, 6) is -0.840. The van der Waals surface area contributed by atoms with E-state index in [1.54, 1.807) is 6.92 Å². The van der Waals surface area contributed by atoms with Crippen molar-refractivity contribution < 1.29 is 18.3 Å². The summed E-state index contributed by atoms with van der Waals surface area (Å²) in [5, 5.41) is 0. The van der Waals surface area contributed by atoms with Crippen LogP contribution in [0.4, 0.5) is 14.5 Å². The Hall–Kier alpha value is -1.72. The third kappa shape index (κ3) is 2.61. The molecule has 82 valence electrons. The third-order valence-corrected chi connectivity index (χ3v) is 1.64. The number of halogens is 2. The molecule has 4 nitrogen and oxygen atoms in total. The second-order valence-corrected chi connectivity index (χ2v) is 2.72. The Labute approximate surface area is 85.1 Å². The van der Waals surface area contributed by atoms with Crippen molar-refractivity contribution >= 4 is 11.7 Å². The van der Waals surface area contributed by atoms with Gasteiger partial charge in [-0.3, -0.25) is 4.98 Å². The van der Waals surface area contributed by atoms with Crippen LogP contribution in [0, 0.1) is 0 Å². The number of anilines is 1. The maximum absolute atomic E-state index is 12.4. The van der Waals surface area contributed by atoms with Crippen LogP contribution in [0.2, 0.25) is 0 Å². The molecule has 1 heterocycles. The fourth-order valence-corrected chi connectivity index (χ4v) is 1.04. The molecule has 0 aliphatic carbocycles. The first-order valence-corrected chi connectivity index (χ1v) is 4.27. The largest absolute Gasteiger partial charge is 0.462 e. The number of carbonyl (C=O) groups excluding carboxylic acids is 1. The van der Waals surface area contributed by atoms with E-state index in [-0.39, 0.29) is 17.9 Å². The Bertz CT molecular complexity index is 369. The highest BCUT2D eigenvalue weighted by Gasteiger charge is 2.21. The van der Waals surface area contributed by atoms with Gasteiger partial charge in [-0.05, 0) is 13.0 Å². The highest BCUT2D eigenvalue weighted by Crippen LogP contribution is 2.22. The molecular formula is C9H10F2N2O2. The van der Waals surface area contributed by atoms with Crippen LogP contribution in [-0.2, 0) is 4.74 Å². The molecule has 0 atom stereocenters. The average Bonchev–Trinajstić information content (AvgIpc) is 2.17. The molecule has 0 fully saturated rings.